The molecule has 6 nitrogen and oxygen atoms in total. The van der Waals surface area contributed by atoms with E-state index in [0.29, 0.717) is 24.1 Å². The van der Waals surface area contributed by atoms with E-state index >= 15 is 0 Å². The van der Waals surface area contributed by atoms with Crippen molar-refractivity contribution >= 4 is 17.7 Å². The van der Waals surface area contributed by atoms with Crippen LogP contribution in [0, 0.1) is 0 Å². The first-order chi connectivity index (χ1) is 14.1. The van der Waals surface area contributed by atoms with Crippen molar-refractivity contribution in [2.45, 2.75) is 19.8 Å². The van der Waals surface area contributed by atoms with E-state index < -0.39 is 0 Å². The zero-order valence-electron chi connectivity index (χ0n) is 17.1. The number of amides is 1. The molecule has 0 unspecified atom stereocenters. The molecule has 1 aromatic carbocycles. The van der Waals surface area contributed by atoms with E-state index in [1.807, 2.05) is 12.1 Å². The van der Waals surface area contributed by atoms with Gasteiger partial charge in [-0.1, -0.05) is 38.1 Å². The highest BCUT2D eigenvalue weighted by Gasteiger charge is 2.10. The fourth-order valence-electron chi connectivity index (χ4n) is 2.99. The maximum atomic E-state index is 12.1. The van der Waals surface area contributed by atoms with Crippen molar-refractivity contribution < 1.29 is 14.3 Å². The lowest BCUT2D eigenvalue weighted by Gasteiger charge is -2.26. The molecule has 6 heteroatoms. The average molecular weight is 396 g/mol. The molecule has 0 aliphatic carbocycles. The Balaban J connectivity index is 1.43. The molecular weight excluding hydrogens is 366 g/mol. The van der Waals surface area contributed by atoms with Gasteiger partial charge < -0.3 is 14.8 Å². The lowest BCUT2D eigenvalue weighted by molar-refractivity contribution is -0.111. The largest absolute Gasteiger partial charge is 0.476 e. The minimum atomic E-state index is -0.194. The van der Waals surface area contributed by atoms with E-state index in [0.717, 1.165) is 38.4 Å². The van der Waals surface area contributed by atoms with E-state index in [4.69, 9.17) is 9.47 Å². The number of hydrogen-bond donors (Lipinski definition) is 1. The Morgan fingerprint density at radius 1 is 1.21 bits per heavy atom. The number of carbonyl (C=O) groups is 1. The van der Waals surface area contributed by atoms with Crippen molar-refractivity contribution in [3.63, 3.8) is 0 Å². The van der Waals surface area contributed by atoms with Gasteiger partial charge in [0.2, 0.25) is 11.8 Å². The number of benzene rings is 1. The van der Waals surface area contributed by atoms with Crippen molar-refractivity contribution in [1.82, 2.24) is 9.88 Å². The molecule has 1 fully saturated rings. The maximum absolute atomic E-state index is 12.1. The van der Waals surface area contributed by atoms with Gasteiger partial charge >= 0.3 is 0 Å². The molecule has 1 saturated heterocycles. The van der Waals surface area contributed by atoms with Crippen LogP contribution in [0.3, 0.4) is 0 Å². The normalized spacial score (nSPS) is 15.0. The van der Waals surface area contributed by atoms with Crippen LogP contribution in [0.15, 0.2) is 48.7 Å². The number of anilines is 1. The molecular formula is C23H29N3O3. The molecule has 0 bridgehead atoms. The van der Waals surface area contributed by atoms with Gasteiger partial charge in [0, 0.05) is 31.8 Å². The van der Waals surface area contributed by atoms with Crippen LogP contribution in [0.25, 0.3) is 6.08 Å². The van der Waals surface area contributed by atoms with Crippen molar-refractivity contribution in [1.29, 1.82) is 0 Å². The number of carbonyl (C=O) groups excluding carboxylic acids is 1. The van der Waals surface area contributed by atoms with E-state index in [-0.39, 0.29) is 5.91 Å². The summed E-state index contributed by atoms with van der Waals surface area (Å²) in [6.45, 7) is 9.20. The van der Waals surface area contributed by atoms with Crippen LogP contribution in [0.4, 0.5) is 5.69 Å². The van der Waals surface area contributed by atoms with Gasteiger partial charge in [-0.25, -0.2) is 4.98 Å². The minimum Gasteiger partial charge on any atom is -0.476 e. The van der Waals surface area contributed by atoms with Crippen LogP contribution < -0.4 is 10.1 Å². The number of morpholine rings is 1. The number of hydrogen-bond acceptors (Lipinski definition) is 5. The van der Waals surface area contributed by atoms with Crippen LogP contribution in [0.1, 0.15) is 30.9 Å². The summed E-state index contributed by atoms with van der Waals surface area (Å²) >= 11 is 0. The number of nitrogens with one attached hydrogen (secondary N) is 1. The molecule has 0 atom stereocenters. The molecule has 0 spiro atoms. The molecule has 2 aromatic rings. The first-order valence-corrected chi connectivity index (χ1v) is 10.1. The summed E-state index contributed by atoms with van der Waals surface area (Å²) in [5.41, 5.74) is 2.91. The Hall–Kier alpha value is -2.70. The highest BCUT2D eigenvalue weighted by molar-refractivity contribution is 6.01. The summed E-state index contributed by atoms with van der Waals surface area (Å²) < 4.78 is 11.0. The van der Waals surface area contributed by atoms with Gasteiger partial charge in [-0.3, -0.25) is 9.69 Å². The topological polar surface area (TPSA) is 63.7 Å². The van der Waals surface area contributed by atoms with Gasteiger partial charge in [0.05, 0.1) is 25.1 Å². The van der Waals surface area contributed by atoms with Gasteiger partial charge in [-0.05, 0) is 29.2 Å². The standard InChI is InChI=1S/C23H29N3O3/c1-18(2)20-6-3-19(4-7-20)5-9-22(27)25-21-8-10-23(24-17-21)29-16-13-26-11-14-28-15-12-26/h3-10,17-18H,11-16H2,1-2H3,(H,25,27)/b9-5+. The third-order valence-corrected chi connectivity index (χ3v) is 4.80. The van der Waals surface area contributed by atoms with Crippen LogP contribution >= 0.6 is 0 Å². The third-order valence-electron chi connectivity index (χ3n) is 4.80. The van der Waals surface area contributed by atoms with Crippen molar-refractivity contribution in [2.24, 2.45) is 0 Å². The number of ether oxygens (including phenoxy) is 2. The smallest absolute Gasteiger partial charge is 0.248 e. The van der Waals surface area contributed by atoms with E-state index in [1.165, 1.54) is 11.6 Å². The molecule has 3 rings (SSSR count). The van der Waals surface area contributed by atoms with Crippen LogP contribution in [0.2, 0.25) is 0 Å². The van der Waals surface area contributed by atoms with Crippen molar-refractivity contribution in [2.75, 3.05) is 44.8 Å². The first-order valence-electron chi connectivity index (χ1n) is 10.1. The molecule has 154 valence electrons. The van der Waals surface area contributed by atoms with Crippen LogP contribution in [-0.4, -0.2) is 55.2 Å². The summed E-state index contributed by atoms with van der Waals surface area (Å²) in [6, 6.07) is 11.8. The number of aromatic nitrogens is 1. The highest BCUT2D eigenvalue weighted by Crippen LogP contribution is 2.16. The average Bonchev–Trinajstić information content (AvgIpc) is 2.74. The summed E-state index contributed by atoms with van der Waals surface area (Å²) in [5.74, 6) is 0.855. The predicted molar refractivity (Wildman–Crippen MR) is 115 cm³/mol. The predicted octanol–water partition coefficient (Wildman–Crippen LogP) is 3.57. The Morgan fingerprint density at radius 2 is 1.97 bits per heavy atom. The second-order valence-corrected chi connectivity index (χ2v) is 7.33. The lowest BCUT2D eigenvalue weighted by atomic mass is 10.0. The molecule has 1 aromatic heterocycles. The van der Waals surface area contributed by atoms with Crippen LogP contribution in [0.5, 0.6) is 5.88 Å². The summed E-state index contributed by atoms with van der Waals surface area (Å²) in [4.78, 5) is 18.7. The zero-order valence-corrected chi connectivity index (χ0v) is 17.1. The summed E-state index contributed by atoms with van der Waals surface area (Å²) in [5, 5.41) is 2.81. The van der Waals surface area contributed by atoms with Crippen LogP contribution in [-0.2, 0) is 9.53 Å². The van der Waals surface area contributed by atoms with E-state index in [2.05, 4.69) is 41.2 Å². The SMILES string of the molecule is CC(C)c1ccc(/C=C/C(=O)Nc2ccc(OCCN3CCOCC3)nc2)cc1. The Morgan fingerprint density at radius 3 is 2.62 bits per heavy atom. The quantitative estimate of drug-likeness (QED) is 0.693. The third kappa shape index (κ3) is 7.00. The van der Waals surface area contributed by atoms with Gasteiger partial charge in [-0.2, -0.15) is 0 Å². The molecule has 0 saturated carbocycles. The lowest BCUT2D eigenvalue weighted by Crippen LogP contribution is -2.38. The Bertz CT molecular complexity index is 795. The number of pyridine rings is 1. The monoisotopic (exact) mass is 395 g/mol. The second kappa shape index (κ2) is 10.7. The van der Waals surface area contributed by atoms with Gasteiger partial charge in [0.25, 0.3) is 0 Å². The molecule has 1 aliphatic heterocycles. The molecule has 29 heavy (non-hydrogen) atoms. The van der Waals surface area contributed by atoms with Gasteiger partial charge in [0.1, 0.15) is 6.61 Å². The Labute approximate surface area is 172 Å². The highest BCUT2D eigenvalue weighted by atomic mass is 16.5. The fraction of sp³-hybridized carbons (Fsp3) is 0.391. The molecule has 1 aliphatic rings. The van der Waals surface area contributed by atoms with E-state index in [9.17, 15) is 4.79 Å². The van der Waals surface area contributed by atoms with E-state index in [1.54, 1.807) is 24.4 Å². The van der Waals surface area contributed by atoms with Crippen molar-refractivity contribution in [3.05, 3.63) is 59.8 Å². The first kappa shape index (κ1) is 21.0. The number of rotatable bonds is 8. The molecule has 0 radical (unpaired) electrons. The second-order valence-electron chi connectivity index (χ2n) is 7.33. The molecule has 1 N–H and O–H groups in total. The summed E-state index contributed by atoms with van der Waals surface area (Å²) in [7, 11) is 0. The summed E-state index contributed by atoms with van der Waals surface area (Å²) in [6.07, 6.45) is 4.93. The number of nitrogens with zero attached hydrogens (tertiary/aromatic N) is 2. The molecule has 1 amide bonds. The fourth-order valence-corrected chi connectivity index (χ4v) is 2.99. The van der Waals surface area contributed by atoms with Crippen molar-refractivity contribution in [3.8, 4) is 5.88 Å². The maximum Gasteiger partial charge on any atom is 0.248 e. The zero-order chi connectivity index (χ0) is 20.5. The molecule has 2 heterocycles. The van der Waals surface area contributed by atoms with Gasteiger partial charge in [-0.15, -0.1) is 0 Å². The Kier molecular flexibility index (Phi) is 7.78. The van der Waals surface area contributed by atoms with Gasteiger partial charge in [0.15, 0.2) is 0 Å². The minimum absolute atomic E-state index is 0.194.